The fourth-order valence-electron chi connectivity index (χ4n) is 1.53. The maximum atomic E-state index is 12.0. The highest BCUT2D eigenvalue weighted by atomic mass is 35.5. The summed E-state index contributed by atoms with van der Waals surface area (Å²) in [7, 11) is 1.28. The number of aryl methyl sites for hydroxylation is 1. The van der Waals surface area contributed by atoms with Crippen LogP contribution in [0.5, 0.6) is 0 Å². The molecule has 1 rings (SSSR count). The number of benzene rings is 1. The smallest absolute Gasteiger partial charge is 0.330 e. The maximum Gasteiger partial charge on any atom is 0.330 e. The van der Waals surface area contributed by atoms with Crippen molar-refractivity contribution in [3.8, 4) is 0 Å². The standard InChI is InChI=1S/C13H16ClNO3/c1-8-5-9(7-10(14)6-8)11(16)15-13(2,3)12(17)18-4/h5-7H,1-4H3,(H,15,16). The normalized spacial score (nSPS) is 10.9. The predicted octanol–water partition coefficient (Wildman–Crippen LogP) is 2.33. The lowest BCUT2D eigenvalue weighted by Gasteiger charge is -2.23. The largest absolute Gasteiger partial charge is 0.467 e. The molecule has 0 unspecified atom stereocenters. The lowest BCUT2D eigenvalue weighted by molar-refractivity contribution is -0.146. The van der Waals surface area contributed by atoms with Crippen molar-refractivity contribution in [3.05, 3.63) is 34.3 Å². The van der Waals surface area contributed by atoms with Gasteiger partial charge in [-0.2, -0.15) is 0 Å². The van der Waals surface area contributed by atoms with E-state index >= 15 is 0 Å². The van der Waals surface area contributed by atoms with Crippen LogP contribution in [-0.4, -0.2) is 24.5 Å². The molecule has 0 aliphatic carbocycles. The Balaban J connectivity index is 2.92. The first-order valence-corrected chi connectivity index (χ1v) is 5.82. The number of carbonyl (C=O) groups is 2. The minimum absolute atomic E-state index is 0.365. The van der Waals surface area contributed by atoms with Crippen LogP contribution in [0.25, 0.3) is 0 Å². The van der Waals surface area contributed by atoms with Crippen molar-refractivity contribution in [2.75, 3.05) is 7.11 Å². The Bertz CT molecular complexity index is 463. The van der Waals surface area contributed by atoms with Crippen LogP contribution in [0.1, 0.15) is 29.8 Å². The highest BCUT2D eigenvalue weighted by molar-refractivity contribution is 6.31. The van der Waals surface area contributed by atoms with Crippen molar-refractivity contribution >= 4 is 23.5 Å². The van der Waals surface area contributed by atoms with Gasteiger partial charge < -0.3 is 10.1 Å². The summed E-state index contributed by atoms with van der Waals surface area (Å²) >= 11 is 5.88. The van der Waals surface area contributed by atoms with Crippen LogP contribution in [0.15, 0.2) is 18.2 Å². The third-order valence-corrected chi connectivity index (χ3v) is 2.64. The molecule has 0 heterocycles. The number of halogens is 1. The average molecular weight is 270 g/mol. The molecular weight excluding hydrogens is 254 g/mol. The lowest BCUT2D eigenvalue weighted by atomic mass is 10.0. The van der Waals surface area contributed by atoms with Crippen molar-refractivity contribution < 1.29 is 14.3 Å². The average Bonchev–Trinajstić information content (AvgIpc) is 2.25. The van der Waals surface area contributed by atoms with Crippen LogP contribution in [-0.2, 0) is 9.53 Å². The van der Waals surface area contributed by atoms with Gasteiger partial charge in [0.1, 0.15) is 5.54 Å². The fraction of sp³-hybridized carbons (Fsp3) is 0.385. The van der Waals surface area contributed by atoms with Gasteiger partial charge >= 0.3 is 5.97 Å². The number of ether oxygens (including phenoxy) is 1. The zero-order valence-electron chi connectivity index (χ0n) is 10.8. The molecule has 0 bridgehead atoms. The van der Waals surface area contributed by atoms with E-state index in [9.17, 15) is 9.59 Å². The minimum atomic E-state index is -1.08. The molecule has 0 atom stereocenters. The molecule has 0 aliphatic heterocycles. The van der Waals surface area contributed by atoms with E-state index < -0.39 is 11.5 Å². The predicted molar refractivity (Wildman–Crippen MR) is 69.8 cm³/mol. The van der Waals surface area contributed by atoms with E-state index in [4.69, 9.17) is 11.6 Å². The van der Waals surface area contributed by atoms with Crippen molar-refractivity contribution in [1.29, 1.82) is 0 Å². The van der Waals surface area contributed by atoms with E-state index in [-0.39, 0.29) is 5.91 Å². The van der Waals surface area contributed by atoms with Gasteiger partial charge in [-0.15, -0.1) is 0 Å². The molecule has 0 saturated carbocycles. The zero-order valence-corrected chi connectivity index (χ0v) is 11.6. The summed E-state index contributed by atoms with van der Waals surface area (Å²) in [4.78, 5) is 23.5. The molecule has 0 fully saturated rings. The first-order chi connectivity index (χ1) is 8.26. The van der Waals surface area contributed by atoms with Crippen LogP contribution in [0.3, 0.4) is 0 Å². The Morgan fingerprint density at radius 2 is 1.89 bits per heavy atom. The second-order valence-electron chi connectivity index (χ2n) is 4.59. The van der Waals surface area contributed by atoms with E-state index in [2.05, 4.69) is 10.1 Å². The molecule has 1 aromatic carbocycles. The minimum Gasteiger partial charge on any atom is -0.467 e. The lowest BCUT2D eigenvalue weighted by Crippen LogP contribution is -2.50. The first kappa shape index (κ1) is 14.5. The van der Waals surface area contributed by atoms with Gasteiger partial charge in [0.2, 0.25) is 0 Å². The van der Waals surface area contributed by atoms with Gasteiger partial charge in [0.05, 0.1) is 7.11 Å². The molecule has 0 aliphatic rings. The second kappa shape index (κ2) is 5.40. The highest BCUT2D eigenvalue weighted by Gasteiger charge is 2.30. The van der Waals surface area contributed by atoms with Crippen LogP contribution >= 0.6 is 11.6 Å². The van der Waals surface area contributed by atoms with Gasteiger partial charge in [0.25, 0.3) is 5.91 Å². The van der Waals surface area contributed by atoms with Crippen LogP contribution in [0, 0.1) is 6.92 Å². The van der Waals surface area contributed by atoms with Crippen molar-refractivity contribution in [3.63, 3.8) is 0 Å². The summed E-state index contributed by atoms with van der Waals surface area (Å²) in [6.07, 6.45) is 0. The van der Waals surface area contributed by atoms with E-state index in [1.54, 1.807) is 32.0 Å². The van der Waals surface area contributed by atoms with Gasteiger partial charge in [0.15, 0.2) is 0 Å². The SMILES string of the molecule is COC(=O)C(C)(C)NC(=O)c1cc(C)cc(Cl)c1. The van der Waals surface area contributed by atoms with Crippen molar-refractivity contribution in [2.24, 2.45) is 0 Å². The van der Waals surface area contributed by atoms with Crippen LogP contribution in [0.2, 0.25) is 5.02 Å². The topological polar surface area (TPSA) is 55.4 Å². The summed E-state index contributed by atoms with van der Waals surface area (Å²) in [5.41, 5.74) is 0.211. The molecule has 0 saturated heterocycles. The molecule has 1 amide bonds. The summed E-state index contributed by atoms with van der Waals surface area (Å²) in [5.74, 6) is -0.870. The maximum absolute atomic E-state index is 12.0. The van der Waals surface area contributed by atoms with Gasteiger partial charge in [0, 0.05) is 10.6 Å². The Morgan fingerprint density at radius 1 is 1.28 bits per heavy atom. The van der Waals surface area contributed by atoms with Crippen molar-refractivity contribution in [1.82, 2.24) is 5.32 Å². The quantitative estimate of drug-likeness (QED) is 0.857. The summed E-state index contributed by atoms with van der Waals surface area (Å²) in [6.45, 7) is 5.00. The van der Waals surface area contributed by atoms with E-state index in [1.807, 2.05) is 6.92 Å². The van der Waals surface area contributed by atoms with Crippen LogP contribution < -0.4 is 5.32 Å². The molecule has 1 aromatic rings. The third kappa shape index (κ3) is 3.47. The van der Waals surface area contributed by atoms with Crippen molar-refractivity contribution in [2.45, 2.75) is 26.3 Å². The number of nitrogens with one attached hydrogen (secondary N) is 1. The Kier molecular flexibility index (Phi) is 4.35. The highest BCUT2D eigenvalue weighted by Crippen LogP contribution is 2.15. The van der Waals surface area contributed by atoms with Crippen LogP contribution in [0.4, 0.5) is 0 Å². The Morgan fingerprint density at radius 3 is 2.39 bits per heavy atom. The number of amides is 1. The zero-order chi connectivity index (χ0) is 13.9. The molecule has 0 spiro atoms. The van der Waals surface area contributed by atoms with E-state index in [1.165, 1.54) is 7.11 Å². The Hall–Kier alpha value is -1.55. The van der Waals surface area contributed by atoms with E-state index in [0.29, 0.717) is 10.6 Å². The summed E-state index contributed by atoms with van der Waals surface area (Å²) in [6, 6.07) is 5.01. The third-order valence-electron chi connectivity index (χ3n) is 2.43. The number of esters is 1. The molecule has 98 valence electrons. The molecule has 1 N–H and O–H groups in total. The first-order valence-electron chi connectivity index (χ1n) is 5.44. The monoisotopic (exact) mass is 269 g/mol. The van der Waals surface area contributed by atoms with Gasteiger partial charge in [-0.25, -0.2) is 4.79 Å². The van der Waals surface area contributed by atoms with Gasteiger partial charge in [-0.05, 0) is 44.5 Å². The Labute approximate surface area is 111 Å². The molecule has 18 heavy (non-hydrogen) atoms. The summed E-state index contributed by atoms with van der Waals surface area (Å²) < 4.78 is 4.62. The molecule has 0 aromatic heterocycles. The number of hydrogen-bond acceptors (Lipinski definition) is 3. The molecule has 5 heteroatoms. The fourth-order valence-corrected chi connectivity index (χ4v) is 1.82. The second-order valence-corrected chi connectivity index (χ2v) is 5.02. The molecular formula is C13H16ClNO3. The molecule has 4 nitrogen and oxygen atoms in total. The van der Waals surface area contributed by atoms with E-state index in [0.717, 1.165) is 5.56 Å². The van der Waals surface area contributed by atoms with Gasteiger partial charge in [-0.1, -0.05) is 11.6 Å². The number of methoxy groups -OCH3 is 1. The summed E-state index contributed by atoms with van der Waals surface area (Å²) in [5, 5.41) is 3.09. The molecule has 0 radical (unpaired) electrons. The number of hydrogen-bond donors (Lipinski definition) is 1. The number of carbonyl (C=O) groups excluding carboxylic acids is 2. The van der Waals surface area contributed by atoms with Gasteiger partial charge in [-0.3, -0.25) is 4.79 Å². The number of rotatable bonds is 3.